The molecule has 3 N–H and O–H groups in total. The number of alkyl halides is 3. The molecule has 1 aromatic rings. The van der Waals surface area contributed by atoms with Crippen molar-refractivity contribution in [2.24, 2.45) is 5.73 Å². The van der Waals surface area contributed by atoms with Crippen molar-refractivity contribution >= 4 is 38.8 Å². The lowest BCUT2D eigenvalue weighted by molar-refractivity contribution is -0.131. The van der Waals surface area contributed by atoms with Crippen molar-refractivity contribution in [2.75, 3.05) is 11.9 Å². The highest BCUT2D eigenvalue weighted by molar-refractivity contribution is 9.10. The van der Waals surface area contributed by atoms with E-state index in [1.165, 1.54) is 0 Å². The van der Waals surface area contributed by atoms with E-state index in [0.29, 0.717) is 11.3 Å². The van der Waals surface area contributed by atoms with Crippen molar-refractivity contribution in [1.29, 1.82) is 0 Å². The summed E-state index contributed by atoms with van der Waals surface area (Å²) in [6.07, 6.45) is -5.08. The lowest BCUT2D eigenvalue weighted by atomic mass is 10.1. The van der Waals surface area contributed by atoms with Crippen LogP contribution in [0.5, 0.6) is 0 Å². The van der Waals surface area contributed by atoms with Crippen LogP contribution in [-0.2, 0) is 0 Å². The first-order chi connectivity index (χ1) is 7.79. The van der Waals surface area contributed by atoms with Gasteiger partial charge in [-0.25, -0.2) is 0 Å². The molecule has 0 atom stereocenters. The monoisotopic (exact) mass is 326 g/mol. The van der Waals surface area contributed by atoms with Gasteiger partial charge in [-0.15, -0.1) is 0 Å². The second-order valence-corrected chi connectivity index (χ2v) is 4.70. The molecule has 0 aliphatic rings. The number of hydrogen-bond donors (Lipinski definition) is 2. The number of nitrogens with one attached hydrogen (secondary N) is 1. The van der Waals surface area contributed by atoms with Gasteiger partial charge in [-0.05, 0) is 18.2 Å². The van der Waals surface area contributed by atoms with Crippen LogP contribution < -0.4 is 11.1 Å². The third-order valence-corrected chi connectivity index (χ3v) is 2.68. The third kappa shape index (κ3) is 4.91. The molecule has 0 unspecified atom stereocenters. The highest BCUT2D eigenvalue weighted by Crippen LogP contribution is 2.23. The lowest BCUT2D eigenvalue weighted by Gasteiger charge is -2.12. The Hall–Kier alpha value is -0.820. The fourth-order valence-electron chi connectivity index (χ4n) is 1.21. The Morgan fingerprint density at radius 2 is 2.06 bits per heavy atom. The van der Waals surface area contributed by atoms with E-state index in [1.54, 1.807) is 18.2 Å². The molecule has 17 heavy (non-hydrogen) atoms. The lowest BCUT2D eigenvalue weighted by Crippen LogP contribution is -2.17. The average molecular weight is 327 g/mol. The van der Waals surface area contributed by atoms with Gasteiger partial charge in [-0.3, -0.25) is 0 Å². The molecule has 0 bridgehead atoms. The molecule has 0 spiro atoms. The van der Waals surface area contributed by atoms with Gasteiger partial charge in [-0.1, -0.05) is 28.1 Å². The molecule has 0 saturated carbocycles. The fraction of sp³-hybridized carbons (Fsp3) is 0.300. The summed E-state index contributed by atoms with van der Waals surface area (Å²) in [5.74, 6) is 0. The van der Waals surface area contributed by atoms with Crippen molar-refractivity contribution in [3.05, 3.63) is 28.2 Å². The maximum Gasteiger partial charge on any atom is 0.390 e. The average Bonchev–Trinajstić information content (AvgIpc) is 2.18. The van der Waals surface area contributed by atoms with Crippen molar-refractivity contribution in [2.45, 2.75) is 12.6 Å². The largest absolute Gasteiger partial charge is 0.390 e. The summed E-state index contributed by atoms with van der Waals surface area (Å²) in [5.41, 5.74) is 6.52. The van der Waals surface area contributed by atoms with Gasteiger partial charge in [0.15, 0.2) is 0 Å². The predicted molar refractivity (Wildman–Crippen MR) is 69.2 cm³/mol. The van der Waals surface area contributed by atoms with Crippen molar-refractivity contribution in [1.82, 2.24) is 0 Å². The van der Waals surface area contributed by atoms with E-state index < -0.39 is 12.6 Å². The summed E-state index contributed by atoms with van der Waals surface area (Å²) in [4.78, 5) is 0.140. The number of rotatable bonds is 4. The van der Waals surface area contributed by atoms with Crippen LogP contribution in [0.15, 0.2) is 22.7 Å². The highest BCUT2D eigenvalue weighted by atomic mass is 79.9. The molecule has 7 heteroatoms. The molecule has 0 radical (unpaired) electrons. The number of hydrogen-bond acceptors (Lipinski definition) is 2. The number of halogens is 4. The van der Waals surface area contributed by atoms with Crippen LogP contribution in [0.2, 0.25) is 0 Å². The van der Waals surface area contributed by atoms with Crippen LogP contribution in [0.25, 0.3) is 0 Å². The Labute approximate surface area is 111 Å². The molecule has 1 aromatic carbocycles. The predicted octanol–water partition coefficient (Wildman–Crippen LogP) is 3.45. The van der Waals surface area contributed by atoms with Crippen molar-refractivity contribution < 1.29 is 13.2 Å². The van der Waals surface area contributed by atoms with Crippen molar-refractivity contribution in [3.8, 4) is 0 Å². The Morgan fingerprint density at radius 3 is 2.59 bits per heavy atom. The van der Waals surface area contributed by atoms with Gasteiger partial charge in [0, 0.05) is 22.3 Å². The molecule has 94 valence electrons. The first kappa shape index (κ1) is 14.2. The second kappa shape index (κ2) is 5.68. The van der Waals surface area contributed by atoms with Crippen LogP contribution >= 0.6 is 28.1 Å². The minimum absolute atomic E-state index is 0.140. The van der Waals surface area contributed by atoms with E-state index in [4.69, 9.17) is 18.0 Å². The number of nitrogens with two attached hydrogens (primary N) is 1. The van der Waals surface area contributed by atoms with Crippen LogP contribution in [0.4, 0.5) is 18.9 Å². The first-order valence-electron chi connectivity index (χ1n) is 4.69. The molecule has 0 aliphatic heterocycles. The van der Waals surface area contributed by atoms with Gasteiger partial charge in [0.05, 0.1) is 6.42 Å². The van der Waals surface area contributed by atoms with Gasteiger partial charge in [-0.2, -0.15) is 13.2 Å². The van der Waals surface area contributed by atoms with E-state index >= 15 is 0 Å². The van der Waals surface area contributed by atoms with Crippen LogP contribution in [0, 0.1) is 0 Å². The Bertz CT molecular complexity index is 421. The quantitative estimate of drug-likeness (QED) is 0.832. The van der Waals surface area contributed by atoms with Crippen molar-refractivity contribution in [3.63, 3.8) is 0 Å². The topological polar surface area (TPSA) is 38.0 Å². The first-order valence-corrected chi connectivity index (χ1v) is 5.90. The van der Waals surface area contributed by atoms with Crippen LogP contribution in [-0.4, -0.2) is 17.7 Å². The molecule has 0 fully saturated rings. The second-order valence-electron chi connectivity index (χ2n) is 3.35. The molecule has 0 heterocycles. The fourth-order valence-corrected chi connectivity index (χ4v) is 1.74. The summed E-state index contributed by atoms with van der Waals surface area (Å²) < 4.78 is 36.7. The zero-order chi connectivity index (χ0) is 13.1. The van der Waals surface area contributed by atoms with E-state index in [0.717, 1.165) is 4.47 Å². The molecule has 2 nitrogen and oxygen atoms in total. The van der Waals surface area contributed by atoms with Gasteiger partial charge >= 0.3 is 6.18 Å². The Kier molecular flexibility index (Phi) is 4.76. The van der Waals surface area contributed by atoms with E-state index in [-0.39, 0.29) is 11.5 Å². The summed E-state index contributed by atoms with van der Waals surface area (Å²) in [6, 6.07) is 5.00. The number of anilines is 1. The van der Waals surface area contributed by atoms with Gasteiger partial charge in [0.2, 0.25) is 0 Å². The SMILES string of the molecule is NC(=S)c1cc(Br)ccc1NCCC(F)(F)F. The molecule has 0 amide bonds. The van der Waals surface area contributed by atoms with E-state index in [2.05, 4.69) is 21.2 Å². The van der Waals surface area contributed by atoms with Gasteiger partial charge in [0.25, 0.3) is 0 Å². The Morgan fingerprint density at radius 1 is 1.41 bits per heavy atom. The summed E-state index contributed by atoms with van der Waals surface area (Å²) in [6.45, 7) is -0.208. The molecule has 0 aromatic heterocycles. The zero-order valence-electron chi connectivity index (χ0n) is 8.64. The third-order valence-electron chi connectivity index (χ3n) is 1.97. The maximum atomic E-state index is 12.0. The van der Waals surface area contributed by atoms with E-state index in [1.807, 2.05) is 0 Å². The molecule has 0 aliphatic carbocycles. The zero-order valence-corrected chi connectivity index (χ0v) is 11.0. The summed E-state index contributed by atoms with van der Waals surface area (Å²) in [5, 5.41) is 2.67. The number of thiocarbonyl (C=S) groups is 1. The standard InChI is InChI=1S/C10H10BrF3N2S/c11-6-1-2-8(7(5-6)9(15)17)16-4-3-10(12,13)14/h1-2,5,16H,3-4H2,(H2,15,17). The normalized spacial score (nSPS) is 11.3. The molecule has 1 rings (SSSR count). The Balaban J connectivity index is 2.74. The van der Waals surface area contributed by atoms with E-state index in [9.17, 15) is 13.2 Å². The number of benzene rings is 1. The minimum Gasteiger partial charge on any atom is -0.389 e. The van der Waals surface area contributed by atoms with Crippen LogP contribution in [0.3, 0.4) is 0 Å². The molecule has 0 saturated heterocycles. The smallest absolute Gasteiger partial charge is 0.389 e. The van der Waals surface area contributed by atoms with Crippen LogP contribution in [0.1, 0.15) is 12.0 Å². The minimum atomic E-state index is -4.17. The van der Waals surface area contributed by atoms with Gasteiger partial charge < -0.3 is 11.1 Å². The summed E-state index contributed by atoms with van der Waals surface area (Å²) in [7, 11) is 0. The molecular weight excluding hydrogens is 317 g/mol. The highest BCUT2D eigenvalue weighted by Gasteiger charge is 2.26. The summed E-state index contributed by atoms with van der Waals surface area (Å²) >= 11 is 8.07. The molecular formula is C10H10BrF3N2S. The van der Waals surface area contributed by atoms with Gasteiger partial charge in [0.1, 0.15) is 4.99 Å². The maximum absolute atomic E-state index is 12.0.